The van der Waals surface area contributed by atoms with Crippen LogP contribution in [0, 0.1) is 12.8 Å². The number of thiazole rings is 1. The Hall–Kier alpha value is -4.16. The first-order valence-electron chi connectivity index (χ1n) is 12.9. The van der Waals surface area contributed by atoms with Gasteiger partial charge in [0.25, 0.3) is 0 Å². The summed E-state index contributed by atoms with van der Waals surface area (Å²) in [5.41, 5.74) is 0.578. The number of halogens is 3. The largest absolute Gasteiger partial charge is 0.418 e. The summed E-state index contributed by atoms with van der Waals surface area (Å²) in [4.78, 5) is 54.5. The van der Waals surface area contributed by atoms with Crippen molar-refractivity contribution < 1.29 is 27.6 Å². The summed E-state index contributed by atoms with van der Waals surface area (Å²) in [6.07, 6.45) is -4.79. The number of para-hydroxylation sites is 1. The van der Waals surface area contributed by atoms with E-state index in [4.69, 9.17) is 0 Å². The number of thioether (sulfide) groups is 1. The van der Waals surface area contributed by atoms with Crippen LogP contribution in [0.5, 0.6) is 0 Å². The van der Waals surface area contributed by atoms with Crippen molar-refractivity contribution in [3.05, 3.63) is 110 Å². The summed E-state index contributed by atoms with van der Waals surface area (Å²) in [7, 11) is 0. The monoisotopic (exact) mass is 609 g/mol. The van der Waals surface area contributed by atoms with Gasteiger partial charge < -0.3 is 5.32 Å². The van der Waals surface area contributed by atoms with Crippen LogP contribution in [0.2, 0.25) is 0 Å². The molecule has 0 spiro atoms. The first kappa shape index (κ1) is 28.0. The standard InChI is InChI=1S/C30H22F3N3O4S2/c1-16-11-13-18(14-12-16)34-21(37)15-35-28-25(42-29(35)40)22(17-7-3-2-4-8-17)23-24(41-28)27(39)36(26(23)38)20-10-6-5-9-19(20)30(31,32)33/h2-14,22-24H,15H2,1H3,(H,34,37)/t22-,23-,24+/m0/s1. The Morgan fingerprint density at radius 2 is 1.57 bits per heavy atom. The zero-order chi connectivity index (χ0) is 29.8. The molecule has 3 amide bonds. The lowest BCUT2D eigenvalue weighted by molar-refractivity contribution is -0.137. The SMILES string of the molecule is Cc1ccc(NC(=O)Cn2c3c(sc2=O)[C@@H](c2ccccc2)[C@@H]2C(=O)N(c4ccccc4C(F)(F)F)C(=O)[C@@H]2S3)cc1. The minimum atomic E-state index is -4.79. The Morgan fingerprint density at radius 1 is 0.905 bits per heavy atom. The zero-order valence-electron chi connectivity index (χ0n) is 21.9. The molecule has 1 aromatic heterocycles. The summed E-state index contributed by atoms with van der Waals surface area (Å²) in [6, 6.07) is 20.4. The molecular formula is C30H22F3N3O4S2. The van der Waals surface area contributed by atoms with E-state index >= 15 is 0 Å². The molecule has 4 aromatic rings. The number of imide groups is 1. The molecule has 214 valence electrons. The Labute approximate surface area is 246 Å². The highest BCUT2D eigenvalue weighted by Gasteiger charge is 2.57. The smallest absolute Gasteiger partial charge is 0.325 e. The van der Waals surface area contributed by atoms with Crippen LogP contribution in [0.1, 0.15) is 27.5 Å². The quantitative estimate of drug-likeness (QED) is 0.295. The molecule has 12 heteroatoms. The van der Waals surface area contributed by atoms with Crippen molar-refractivity contribution in [2.75, 3.05) is 10.2 Å². The Balaban J connectivity index is 1.41. The molecule has 3 atom stereocenters. The predicted molar refractivity (Wildman–Crippen MR) is 154 cm³/mol. The van der Waals surface area contributed by atoms with E-state index in [-0.39, 0.29) is 6.54 Å². The van der Waals surface area contributed by atoms with Crippen molar-refractivity contribution in [1.82, 2.24) is 4.57 Å². The summed E-state index contributed by atoms with van der Waals surface area (Å²) >= 11 is 1.82. The number of rotatable bonds is 5. The first-order chi connectivity index (χ1) is 20.0. The molecule has 0 unspecified atom stereocenters. The molecule has 3 aromatic carbocycles. The van der Waals surface area contributed by atoms with Gasteiger partial charge in [0.1, 0.15) is 11.8 Å². The minimum Gasteiger partial charge on any atom is -0.325 e. The topological polar surface area (TPSA) is 88.5 Å². The number of hydrogen-bond acceptors (Lipinski definition) is 6. The summed E-state index contributed by atoms with van der Waals surface area (Å²) in [6.45, 7) is 1.57. The second kappa shape index (κ2) is 10.6. The van der Waals surface area contributed by atoms with Gasteiger partial charge in [-0.1, -0.05) is 83.3 Å². The second-order valence-corrected chi connectivity index (χ2v) is 12.1. The third kappa shape index (κ3) is 4.84. The van der Waals surface area contributed by atoms with Gasteiger partial charge in [-0.05, 0) is 36.8 Å². The van der Waals surface area contributed by atoms with E-state index in [0.29, 0.717) is 26.1 Å². The third-order valence-electron chi connectivity index (χ3n) is 7.30. The molecule has 2 aliphatic rings. The van der Waals surface area contributed by atoms with Crippen LogP contribution in [0.4, 0.5) is 24.5 Å². The number of hydrogen-bond donors (Lipinski definition) is 1. The van der Waals surface area contributed by atoms with Crippen LogP contribution in [-0.2, 0) is 27.1 Å². The molecular weight excluding hydrogens is 587 g/mol. The second-order valence-electron chi connectivity index (χ2n) is 10.0. The van der Waals surface area contributed by atoms with E-state index in [0.717, 1.165) is 40.8 Å². The molecule has 42 heavy (non-hydrogen) atoms. The molecule has 0 radical (unpaired) electrons. The number of anilines is 2. The van der Waals surface area contributed by atoms with Crippen LogP contribution < -0.4 is 15.1 Å². The fourth-order valence-corrected chi connectivity index (χ4v) is 8.17. The maximum atomic E-state index is 13.9. The van der Waals surface area contributed by atoms with E-state index in [1.54, 1.807) is 42.5 Å². The fourth-order valence-electron chi connectivity index (χ4n) is 5.40. The van der Waals surface area contributed by atoms with E-state index in [9.17, 15) is 32.3 Å². The fraction of sp³-hybridized carbons (Fsp3) is 0.200. The molecule has 2 aliphatic heterocycles. The molecule has 3 heterocycles. The number of benzene rings is 3. The summed E-state index contributed by atoms with van der Waals surface area (Å²) < 4.78 is 43.0. The van der Waals surface area contributed by atoms with Crippen LogP contribution in [-0.4, -0.2) is 27.5 Å². The van der Waals surface area contributed by atoms with E-state index < -0.39 is 57.1 Å². The number of aryl methyl sites for hydroxylation is 1. The molecule has 1 saturated heterocycles. The van der Waals surface area contributed by atoms with Gasteiger partial charge in [0.2, 0.25) is 17.7 Å². The number of nitrogens with one attached hydrogen (secondary N) is 1. The highest BCUT2D eigenvalue weighted by atomic mass is 32.2. The van der Waals surface area contributed by atoms with Gasteiger partial charge in [-0.2, -0.15) is 13.2 Å². The highest BCUT2D eigenvalue weighted by molar-refractivity contribution is 8.00. The molecule has 0 saturated carbocycles. The zero-order valence-corrected chi connectivity index (χ0v) is 23.6. The van der Waals surface area contributed by atoms with Crippen molar-refractivity contribution in [2.45, 2.75) is 35.8 Å². The van der Waals surface area contributed by atoms with Crippen LogP contribution in [0.15, 0.2) is 88.7 Å². The van der Waals surface area contributed by atoms with Crippen molar-refractivity contribution >= 4 is 52.2 Å². The molecule has 0 bridgehead atoms. The van der Waals surface area contributed by atoms with Gasteiger partial charge in [0.15, 0.2) is 0 Å². The van der Waals surface area contributed by atoms with Gasteiger partial charge in [-0.15, -0.1) is 0 Å². The lowest BCUT2D eigenvalue weighted by Gasteiger charge is -2.30. The van der Waals surface area contributed by atoms with Gasteiger partial charge in [-0.3, -0.25) is 23.7 Å². The van der Waals surface area contributed by atoms with Gasteiger partial charge >= 0.3 is 11.0 Å². The van der Waals surface area contributed by atoms with Crippen molar-refractivity contribution in [3.8, 4) is 0 Å². The number of carbonyl (C=O) groups excluding carboxylic acids is 3. The summed E-state index contributed by atoms with van der Waals surface area (Å²) in [5, 5.41) is 2.01. The maximum Gasteiger partial charge on any atom is 0.418 e. The average molecular weight is 610 g/mol. The van der Waals surface area contributed by atoms with Crippen LogP contribution in [0.3, 0.4) is 0 Å². The molecule has 1 N–H and O–H groups in total. The Morgan fingerprint density at radius 3 is 2.26 bits per heavy atom. The average Bonchev–Trinajstić information content (AvgIpc) is 3.40. The van der Waals surface area contributed by atoms with Gasteiger partial charge in [-0.25, -0.2) is 4.90 Å². The number of alkyl halides is 3. The van der Waals surface area contributed by atoms with Gasteiger partial charge in [0.05, 0.1) is 22.2 Å². The van der Waals surface area contributed by atoms with E-state index in [1.807, 2.05) is 19.1 Å². The Bertz CT molecular complexity index is 1770. The normalized spacial score (nSPS) is 19.9. The highest BCUT2D eigenvalue weighted by Crippen LogP contribution is 2.54. The van der Waals surface area contributed by atoms with E-state index in [2.05, 4.69) is 5.32 Å². The Kier molecular flexibility index (Phi) is 7.06. The molecule has 7 nitrogen and oxygen atoms in total. The van der Waals surface area contributed by atoms with E-state index in [1.165, 1.54) is 16.7 Å². The van der Waals surface area contributed by atoms with Crippen LogP contribution in [0.25, 0.3) is 0 Å². The third-order valence-corrected chi connectivity index (χ3v) is 9.90. The number of aromatic nitrogens is 1. The maximum absolute atomic E-state index is 13.9. The van der Waals surface area contributed by atoms with Crippen LogP contribution >= 0.6 is 23.1 Å². The lowest BCUT2D eigenvalue weighted by Crippen LogP contribution is -2.33. The van der Waals surface area contributed by atoms with Crippen molar-refractivity contribution in [1.29, 1.82) is 0 Å². The lowest BCUT2D eigenvalue weighted by atomic mass is 9.83. The van der Waals surface area contributed by atoms with Crippen molar-refractivity contribution in [2.24, 2.45) is 5.92 Å². The molecule has 0 aliphatic carbocycles. The van der Waals surface area contributed by atoms with Gasteiger partial charge in [0, 0.05) is 16.5 Å². The summed E-state index contributed by atoms with van der Waals surface area (Å²) in [5.74, 6) is -3.85. The van der Waals surface area contributed by atoms with Crippen molar-refractivity contribution in [3.63, 3.8) is 0 Å². The number of nitrogens with zero attached hydrogens (tertiary/aromatic N) is 2. The molecule has 1 fully saturated rings. The molecule has 6 rings (SSSR count). The predicted octanol–water partition coefficient (Wildman–Crippen LogP) is 5.67. The number of amides is 3. The first-order valence-corrected chi connectivity index (χ1v) is 14.6. The number of fused-ring (bicyclic) bond motifs is 2. The number of carbonyl (C=O) groups is 3. The minimum absolute atomic E-state index is 0.340.